The molecule has 1 aromatic heterocycles. The molecular formula is C11H15N3O3. The van der Waals surface area contributed by atoms with Crippen molar-refractivity contribution >= 4 is 5.88 Å². The van der Waals surface area contributed by atoms with E-state index in [2.05, 4.69) is 4.90 Å². The van der Waals surface area contributed by atoms with Crippen molar-refractivity contribution in [3.8, 4) is 0 Å². The van der Waals surface area contributed by atoms with Crippen LogP contribution in [0.5, 0.6) is 0 Å². The van der Waals surface area contributed by atoms with Crippen LogP contribution in [0.15, 0.2) is 16.5 Å². The van der Waals surface area contributed by atoms with Crippen molar-refractivity contribution in [3.05, 3.63) is 28.0 Å². The summed E-state index contributed by atoms with van der Waals surface area (Å²) in [5.41, 5.74) is 6.08. The van der Waals surface area contributed by atoms with Crippen LogP contribution < -0.4 is 5.73 Å². The van der Waals surface area contributed by atoms with Crippen LogP contribution in [0.4, 0.5) is 5.88 Å². The zero-order chi connectivity index (χ0) is 12.0. The molecule has 0 bridgehead atoms. The van der Waals surface area contributed by atoms with Gasteiger partial charge in [0, 0.05) is 18.6 Å². The van der Waals surface area contributed by atoms with E-state index < -0.39 is 4.92 Å². The predicted molar refractivity (Wildman–Crippen MR) is 60.4 cm³/mol. The Hall–Kier alpha value is -1.40. The van der Waals surface area contributed by atoms with Crippen LogP contribution in [0.2, 0.25) is 0 Å². The quantitative estimate of drug-likeness (QED) is 0.634. The first-order chi connectivity index (χ1) is 8.16. The normalized spacial score (nSPS) is 29.7. The van der Waals surface area contributed by atoms with E-state index >= 15 is 0 Å². The van der Waals surface area contributed by atoms with Crippen LogP contribution in [0, 0.1) is 10.1 Å². The minimum atomic E-state index is -0.508. The average Bonchev–Trinajstić information content (AvgIpc) is 2.88. The lowest BCUT2D eigenvalue weighted by molar-refractivity contribution is -0.402. The van der Waals surface area contributed by atoms with Gasteiger partial charge < -0.3 is 10.2 Å². The first-order valence-corrected chi connectivity index (χ1v) is 5.92. The molecule has 0 aromatic carbocycles. The van der Waals surface area contributed by atoms with Gasteiger partial charge >= 0.3 is 5.88 Å². The van der Waals surface area contributed by atoms with E-state index in [4.69, 9.17) is 10.2 Å². The summed E-state index contributed by atoms with van der Waals surface area (Å²) in [5, 5.41) is 10.6. The predicted octanol–water partition coefficient (Wildman–Crippen LogP) is 1.42. The number of hydrogen-bond donors (Lipinski definition) is 1. The van der Waals surface area contributed by atoms with E-state index in [-0.39, 0.29) is 18.0 Å². The number of likely N-dealkylation sites (tertiary alicyclic amines) is 1. The third-order valence-electron chi connectivity index (χ3n) is 3.58. The van der Waals surface area contributed by atoms with Crippen LogP contribution in [0.3, 0.4) is 0 Å². The van der Waals surface area contributed by atoms with Crippen molar-refractivity contribution in [2.75, 3.05) is 6.54 Å². The van der Waals surface area contributed by atoms with E-state index in [1.165, 1.54) is 18.9 Å². The lowest BCUT2D eigenvalue weighted by Crippen LogP contribution is -2.32. The van der Waals surface area contributed by atoms with E-state index in [1.807, 2.05) is 0 Å². The Morgan fingerprint density at radius 2 is 2.18 bits per heavy atom. The molecule has 1 aromatic rings. The molecular weight excluding hydrogens is 222 g/mol. The van der Waals surface area contributed by atoms with Gasteiger partial charge in [-0.25, -0.2) is 0 Å². The Bertz CT molecular complexity index is 441. The van der Waals surface area contributed by atoms with Crippen molar-refractivity contribution in [1.29, 1.82) is 0 Å². The second-order valence-electron chi connectivity index (χ2n) is 4.80. The van der Waals surface area contributed by atoms with E-state index in [9.17, 15) is 10.1 Å². The Morgan fingerprint density at radius 3 is 2.76 bits per heavy atom. The fourth-order valence-electron chi connectivity index (χ4n) is 2.63. The fraction of sp³-hybridized carbons (Fsp3) is 0.636. The summed E-state index contributed by atoms with van der Waals surface area (Å²) in [6.45, 7) is 0.963. The van der Waals surface area contributed by atoms with Crippen molar-refractivity contribution in [2.45, 2.75) is 37.4 Å². The van der Waals surface area contributed by atoms with Gasteiger partial charge in [-0.3, -0.25) is 15.0 Å². The van der Waals surface area contributed by atoms with Crippen LogP contribution in [0.1, 0.15) is 31.1 Å². The van der Waals surface area contributed by atoms with Crippen molar-refractivity contribution in [2.24, 2.45) is 5.73 Å². The first kappa shape index (κ1) is 10.7. The maximum atomic E-state index is 10.6. The second kappa shape index (κ2) is 3.82. The SMILES string of the molecule is NC1CCN(C2CC2)C1c1ccc([N+](=O)[O-])o1. The molecule has 17 heavy (non-hydrogen) atoms. The zero-order valence-electron chi connectivity index (χ0n) is 9.41. The van der Waals surface area contributed by atoms with Gasteiger partial charge in [-0.2, -0.15) is 0 Å². The fourth-order valence-corrected chi connectivity index (χ4v) is 2.63. The van der Waals surface area contributed by atoms with Gasteiger partial charge in [0.15, 0.2) is 0 Å². The molecule has 0 radical (unpaired) electrons. The van der Waals surface area contributed by atoms with Crippen LogP contribution in [-0.2, 0) is 0 Å². The standard InChI is InChI=1S/C11H15N3O3/c12-8-5-6-13(7-1-2-7)11(8)9-3-4-10(17-9)14(15)16/h3-4,7-8,11H,1-2,5-6,12H2. The maximum Gasteiger partial charge on any atom is 0.433 e. The average molecular weight is 237 g/mol. The summed E-state index contributed by atoms with van der Waals surface area (Å²) in [6.07, 6.45) is 3.33. The Balaban J connectivity index is 1.86. The van der Waals surface area contributed by atoms with Gasteiger partial charge in [0.05, 0.1) is 12.1 Å². The largest absolute Gasteiger partial charge is 0.433 e. The van der Waals surface area contributed by atoms with Crippen LogP contribution in [0.25, 0.3) is 0 Å². The molecule has 92 valence electrons. The maximum absolute atomic E-state index is 10.6. The Kier molecular flexibility index (Phi) is 2.41. The number of hydrogen-bond acceptors (Lipinski definition) is 5. The highest BCUT2D eigenvalue weighted by molar-refractivity contribution is 5.22. The van der Waals surface area contributed by atoms with E-state index in [1.54, 1.807) is 6.07 Å². The first-order valence-electron chi connectivity index (χ1n) is 5.92. The molecule has 3 rings (SSSR count). The van der Waals surface area contributed by atoms with Gasteiger partial charge in [-0.05, 0) is 25.3 Å². The minimum Gasteiger partial charge on any atom is -0.404 e. The van der Waals surface area contributed by atoms with Gasteiger partial charge in [0.25, 0.3) is 0 Å². The van der Waals surface area contributed by atoms with Gasteiger partial charge in [0.2, 0.25) is 0 Å². The van der Waals surface area contributed by atoms with Crippen LogP contribution in [-0.4, -0.2) is 28.5 Å². The molecule has 2 atom stereocenters. The third-order valence-corrected chi connectivity index (χ3v) is 3.58. The van der Waals surface area contributed by atoms with Crippen molar-refractivity contribution < 1.29 is 9.34 Å². The number of nitro groups is 1. The molecule has 1 saturated heterocycles. The second-order valence-corrected chi connectivity index (χ2v) is 4.80. The molecule has 1 aliphatic heterocycles. The monoisotopic (exact) mass is 237 g/mol. The molecule has 1 aliphatic carbocycles. The molecule has 0 spiro atoms. The summed E-state index contributed by atoms with van der Waals surface area (Å²) in [5.74, 6) is 0.434. The van der Waals surface area contributed by atoms with E-state index in [0.717, 1.165) is 13.0 Å². The molecule has 0 amide bonds. The number of nitrogens with zero attached hydrogens (tertiary/aromatic N) is 2. The summed E-state index contributed by atoms with van der Waals surface area (Å²) < 4.78 is 5.29. The summed E-state index contributed by atoms with van der Waals surface area (Å²) >= 11 is 0. The van der Waals surface area contributed by atoms with E-state index in [0.29, 0.717) is 11.8 Å². The Labute approximate surface area is 98.5 Å². The summed E-state index contributed by atoms with van der Waals surface area (Å²) in [6, 6.07) is 3.71. The van der Waals surface area contributed by atoms with Crippen molar-refractivity contribution in [1.82, 2.24) is 4.90 Å². The smallest absolute Gasteiger partial charge is 0.404 e. The third kappa shape index (κ3) is 1.83. The highest BCUT2D eigenvalue weighted by Crippen LogP contribution is 2.41. The zero-order valence-corrected chi connectivity index (χ0v) is 9.41. The number of furan rings is 1. The van der Waals surface area contributed by atoms with Crippen molar-refractivity contribution in [3.63, 3.8) is 0 Å². The summed E-state index contributed by atoms with van der Waals surface area (Å²) in [4.78, 5) is 12.4. The van der Waals surface area contributed by atoms with Gasteiger partial charge in [-0.1, -0.05) is 0 Å². The highest BCUT2D eigenvalue weighted by Gasteiger charge is 2.43. The number of nitrogens with two attached hydrogens (primary N) is 1. The molecule has 2 aliphatic rings. The van der Waals surface area contributed by atoms with Crippen LogP contribution >= 0.6 is 0 Å². The molecule has 2 unspecified atom stereocenters. The molecule has 2 fully saturated rings. The molecule has 2 N–H and O–H groups in total. The lowest BCUT2D eigenvalue weighted by atomic mass is 10.1. The summed E-state index contributed by atoms with van der Waals surface area (Å²) in [7, 11) is 0. The lowest BCUT2D eigenvalue weighted by Gasteiger charge is -2.24. The molecule has 1 saturated carbocycles. The van der Waals surface area contributed by atoms with Gasteiger partial charge in [-0.15, -0.1) is 0 Å². The molecule has 6 heteroatoms. The molecule has 6 nitrogen and oxygen atoms in total. The van der Waals surface area contributed by atoms with Gasteiger partial charge in [0.1, 0.15) is 10.7 Å². The molecule has 2 heterocycles. The Morgan fingerprint density at radius 1 is 1.41 bits per heavy atom. The minimum absolute atomic E-state index is 0.0104. The topological polar surface area (TPSA) is 85.5 Å². The highest BCUT2D eigenvalue weighted by atomic mass is 16.6. The number of rotatable bonds is 3.